The summed E-state index contributed by atoms with van der Waals surface area (Å²) in [6.07, 6.45) is 1.60. The van der Waals surface area contributed by atoms with Crippen LogP contribution in [0, 0.1) is 6.92 Å². The lowest BCUT2D eigenvalue weighted by atomic mass is 10.1. The number of hydrogen-bond donors (Lipinski definition) is 1. The average molecular weight is 536 g/mol. The van der Waals surface area contributed by atoms with Gasteiger partial charge in [-0.1, -0.05) is 72.3 Å². The molecule has 1 fully saturated rings. The zero-order chi connectivity index (χ0) is 27.0. The maximum atomic E-state index is 12.6. The molecule has 0 radical (unpaired) electrons. The zero-order valence-corrected chi connectivity index (χ0v) is 22.4. The quantitative estimate of drug-likeness (QED) is 0.207. The number of rotatable bonds is 9. The summed E-state index contributed by atoms with van der Waals surface area (Å²) in [4.78, 5) is 27.0. The van der Waals surface area contributed by atoms with Crippen molar-refractivity contribution in [3.63, 3.8) is 0 Å². The molecule has 0 bridgehead atoms. The minimum absolute atomic E-state index is 0.0725. The van der Waals surface area contributed by atoms with Crippen molar-refractivity contribution < 1.29 is 14.3 Å². The molecule has 7 heteroatoms. The molecule has 0 aliphatic carbocycles. The fourth-order valence-electron chi connectivity index (χ4n) is 4.21. The molecule has 1 heterocycles. The Morgan fingerprint density at radius 1 is 0.949 bits per heavy atom. The fourth-order valence-corrected chi connectivity index (χ4v) is 5.40. The van der Waals surface area contributed by atoms with Gasteiger partial charge in [-0.05, 0) is 65.6 Å². The maximum Gasteiger partial charge on any atom is 0.271 e. The summed E-state index contributed by atoms with van der Waals surface area (Å²) < 4.78 is 5.84. The van der Waals surface area contributed by atoms with Crippen molar-refractivity contribution in [1.29, 1.82) is 0 Å². The summed E-state index contributed by atoms with van der Waals surface area (Å²) >= 11 is 1.60. The van der Waals surface area contributed by atoms with Gasteiger partial charge in [0.2, 0.25) is 5.91 Å². The number of hydrogen-bond acceptors (Lipinski definition) is 5. The molecule has 1 aliphatic heterocycles. The second-order valence-electron chi connectivity index (χ2n) is 9.34. The fraction of sp³-hybridized carbons (Fsp3) is 0.156. The van der Waals surface area contributed by atoms with E-state index in [0.29, 0.717) is 24.5 Å². The first-order valence-corrected chi connectivity index (χ1v) is 13.8. The Morgan fingerprint density at radius 3 is 2.38 bits per heavy atom. The number of nitrogens with one attached hydrogen (secondary N) is 1. The molecule has 196 valence electrons. The minimum atomic E-state index is -0.299. The van der Waals surface area contributed by atoms with Gasteiger partial charge in [-0.2, -0.15) is 5.10 Å². The van der Waals surface area contributed by atoms with Crippen LogP contribution < -0.4 is 10.2 Å². The maximum absolute atomic E-state index is 12.6. The van der Waals surface area contributed by atoms with E-state index in [4.69, 9.17) is 4.74 Å². The lowest BCUT2D eigenvalue weighted by Crippen LogP contribution is -2.27. The Bertz CT molecular complexity index is 1440. The predicted molar refractivity (Wildman–Crippen MR) is 156 cm³/mol. The molecule has 39 heavy (non-hydrogen) atoms. The Kier molecular flexibility index (Phi) is 8.39. The molecule has 0 saturated carbocycles. The highest BCUT2D eigenvalue weighted by atomic mass is 32.2. The van der Waals surface area contributed by atoms with E-state index in [-0.39, 0.29) is 17.2 Å². The standard InChI is InChI=1S/C32H29N3O3S/c1-23-7-9-26(10-8-23)21-38-29-17-11-24(12-18-29)19-33-34-31(37)27-13-15-28(16-14-27)32-35(30(36)22-39-32)20-25-5-3-2-4-6-25/h2-19,32H,20-22H2,1H3,(H,34,37)/b33-19-/t32-/m0/s1. The highest BCUT2D eigenvalue weighted by Gasteiger charge is 2.32. The van der Waals surface area contributed by atoms with Crippen molar-refractivity contribution in [2.24, 2.45) is 5.10 Å². The van der Waals surface area contributed by atoms with E-state index in [1.165, 1.54) is 5.56 Å². The van der Waals surface area contributed by atoms with Gasteiger partial charge >= 0.3 is 0 Å². The van der Waals surface area contributed by atoms with E-state index < -0.39 is 0 Å². The topological polar surface area (TPSA) is 71.0 Å². The monoisotopic (exact) mass is 535 g/mol. The Morgan fingerprint density at radius 2 is 1.67 bits per heavy atom. The Hall–Kier alpha value is -4.36. The van der Waals surface area contributed by atoms with Crippen LogP contribution in [0.15, 0.2) is 108 Å². The van der Waals surface area contributed by atoms with Gasteiger partial charge in [-0.15, -0.1) is 11.8 Å². The van der Waals surface area contributed by atoms with Gasteiger partial charge < -0.3 is 9.64 Å². The number of ether oxygens (including phenoxy) is 1. The summed E-state index contributed by atoms with van der Waals surface area (Å²) in [6.45, 7) is 3.13. The van der Waals surface area contributed by atoms with Crippen molar-refractivity contribution in [3.8, 4) is 5.75 Å². The van der Waals surface area contributed by atoms with E-state index in [0.717, 1.165) is 28.0 Å². The normalized spacial score (nSPS) is 15.1. The minimum Gasteiger partial charge on any atom is -0.489 e. The molecule has 5 rings (SSSR count). The van der Waals surface area contributed by atoms with Gasteiger partial charge in [0.15, 0.2) is 0 Å². The van der Waals surface area contributed by atoms with Gasteiger partial charge in [0.1, 0.15) is 17.7 Å². The van der Waals surface area contributed by atoms with Crippen LogP contribution in [0.4, 0.5) is 0 Å². The number of nitrogens with zero attached hydrogens (tertiary/aromatic N) is 2. The first-order chi connectivity index (χ1) is 19.0. The summed E-state index contributed by atoms with van der Waals surface area (Å²) in [6, 6.07) is 33.1. The van der Waals surface area contributed by atoms with Gasteiger partial charge in [-0.3, -0.25) is 9.59 Å². The second-order valence-corrected chi connectivity index (χ2v) is 10.4. The molecule has 1 aliphatic rings. The molecule has 0 spiro atoms. The highest BCUT2D eigenvalue weighted by Crippen LogP contribution is 2.39. The van der Waals surface area contributed by atoms with E-state index >= 15 is 0 Å². The van der Waals surface area contributed by atoms with E-state index in [1.807, 2.05) is 71.6 Å². The van der Waals surface area contributed by atoms with Crippen molar-refractivity contribution in [2.75, 3.05) is 5.75 Å². The molecule has 6 nitrogen and oxygen atoms in total. The average Bonchev–Trinajstić information content (AvgIpc) is 3.33. The van der Waals surface area contributed by atoms with E-state index in [9.17, 15) is 9.59 Å². The Balaban J connectivity index is 1.13. The van der Waals surface area contributed by atoms with Crippen LogP contribution in [0.3, 0.4) is 0 Å². The number of carbonyl (C=O) groups excluding carboxylic acids is 2. The molecular weight excluding hydrogens is 506 g/mol. The molecule has 4 aromatic carbocycles. The SMILES string of the molecule is Cc1ccc(COc2ccc(/C=N\NC(=O)c3ccc([C@@H]4SCC(=O)N4Cc4ccccc4)cc3)cc2)cc1. The van der Waals surface area contributed by atoms with Crippen LogP contribution in [0.25, 0.3) is 0 Å². The predicted octanol–water partition coefficient (Wildman–Crippen LogP) is 6.11. The van der Waals surface area contributed by atoms with E-state index in [1.54, 1.807) is 30.1 Å². The largest absolute Gasteiger partial charge is 0.489 e. The van der Waals surface area contributed by atoms with Crippen molar-refractivity contribution in [3.05, 3.63) is 137 Å². The summed E-state index contributed by atoms with van der Waals surface area (Å²) in [5.74, 6) is 1.04. The number of amides is 2. The molecule has 0 aromatic heterocycles. The van der Waals surface area contributed by atoms with Crippen LogP contribution in [0.5, 0.6) is 5.75 Å². The summed E-state index contributed by atoms with van der Waals surface area (Å²) in [5, 5.41) is 4.02. The smallest absolute Gasteiger partial charge is 0.271 e. The first kappa shape index (κ1) is 26.3. The van der Waals surface area contributed by atoms with Gasteiger partial charge in [0.05, 0.1) is 12.0 Å². The number of carbonyl (C=O) groups is 2. The van der Waals surface area contributed by atoms with E-state index in [2.05, 4.69) is 41.7 Å². The number of aryl methyl sites for hydroxylation is 1. The third-order valence-electron chi connectivity index (χ3n) is 6.41. The first-order valence-electron chi connectivity index (χ1n) is 12.7. The number of thioether (sulfide) groups is 1. The number of hydrazone groups is 1. The van der Waals surface area contributed by atoms with Gasteiger partial charge in [-0.25, -0.2) is 5.43 Å². The van der Waals surface area contributed by atoms with Crippen LogP contribution in [-0.4, -0.2) is 28.7 Å². The van der Waals surface area contributed by atoms with Crippen LogP contribution in [-0.2, 0) is 17.9 Å². The molecule has 1 atom stereocenters. The molecule has 4 aromatic rings. The molecule has 1 N–H and O–H groups in total. The Labute approximate surface area is 232 Å². The van der Waals surface area contributed by atoms with Crippen molar-refractivity contribution in [1.82, 2.24) is 10.3 Å². The van der Waals surface area contributed by atoms with Gasteiger partial charge in [0, 0.05) is 12.1 Å². The molecule has 1 saturated heterocycles. The summed E-state index contributed by atoms with van der Waals surface area (Å²) in [7, 11) is 0. The number of benzene rings is 4. The van der Waals surface area contributed by atoms with Crippen molar-refractivity contribution in [2.45, 2.75) is 25.4 Å². The van der Waals surface area contributed by atoms with Crippen LogP contribution >= 0.6 is 11.8 Å². The lowest BCUT2D eigenvalue weighted by molar-refractivity contribution is -0.128. The van der Waals surface area contributed by atoms with Crippen LogP contribution in [0.2, 0.25) is 0 Å². The molecule has 2 amide bonds. The molecular formula is C32H29N3O3S. The highest BCUT2D eigenvalue weighted by molar-refractivity contribution is 8.00. The van der Waals surface area contributed by atoms with Crippen molar-refractivity contribution >= 4 is 29.8 Å². The summed E-state index contributed by atoms with van der Waals surface area (Å²) in [5.41, 5.74) is 8.34. The molecule has 0 unspecified atom stereocenters. The second kappa shape index (κ2) is 12.5. The third-order valence-corrected chi connectivity index (χ3v) is 7.66. The zero-order valence-electron chi connectivity index (χ0n) is 21.6. The third kappa shape index (κ3) is 6.94. The van der Waals surface area contributed by atoms with Crippen LogP contribution in [0.1, 0.15) is 43.5 Å². The lowest BCUT2D eigenvalue weighted by Gasteiger charge is -2.24. The van der Waals surface area contributed by atoms with Gasteiger partial charge in [0.25, 0.3) is 5.91 Å².